The van der Waals surface area contributed by atoms with Crippen LogP contribution in [0.1, 0.15) is 43.0 Å². The molecule has 0 aliphatic carbocycles. The molecule has 0 spiro atoms. The van der Waals surface area contributed by atoms with Crippen LogP contribution in [0, 0.1) is 6.92 Å². The summed E-state index contributed by atoms with van der Waals surface area (Å²) in [6.07, 6.45) is 1.82. The van der Waals surface area contributed by atoms with Gasteiger partial charge in [-0.15, -0.1) is 0 Å². The predicted octanol–water partition coefficient (Wildman–Crippen LogP) is 6.84. The molecule has 216 valence electrons. The number of aliphatic imine (C=N–C) groups is 1. The van der Waals surface area contributed by atoms with E-state index in [2.05, 4.69) is 49.6 Å². The summed E-state index contributed by atoms with van der Waals surface area (Å²) < 4.78 is 19.7. The summed E-state index contributed by atoms with van der Waals surface area (Å²) in [6.45, 7) is 19.6. The smallest absolute Gasteiger partial charge is 0.220 e. The van der Waals surface area contributed by atoms with Gasteiger partial charge in [-0.3, -0.25) is 4.90 Å². The van der Waals surface area contributed by atoms with Crippen LogP contribution in [0.2, 0.25) is 0 Å². The van der Waals surface area contributed by atoms with Gasteiger partial charge in [0.2, 0.25) is 5.90 Å². The highest BCUT2D eigenvalue weighted by Gasteiger charge is 2.21. The third-order valence-electron chi connectivity index (χ3n) is 7.06. The number of ether oxygens (including phenoxy) is 1. The van der Waals surface area contributed by atoms with E-state index in [4.69, 9.17) is 4.74 Å². The Morgan fingerprint density at radius 3 is 2.37 bits per heavy atom. The molecule has 4 rings (SSSR count). The van der Waals surface area contributed by atoms with Gasteiger partial charge in [0.05, 0.1) is 7.11 Å². The number of nitrogens with zero attached hydrogens (tertiary/aromatic N) is 4. The summed E-state index contributed by atoms with van der Waals surface area (Å²) in [5.74, 6) is 1.85. The van der Waals surface area contributed by atoms with Crippen molar-refractivity contribution in [1.82, 2.24) is 9.88 Å². The van der Waals surface area contributed by atoms with E-state index < -0.39 is 5.67 Å². The van der Waals surface area contributed by atoms with E-state index in [1.807, 2.05) is 68.6 Å². The van der Waals surface area contributed by atoms with Gasteiger partial charge in [-0.1, -0.05) is 31.4 Å². The Kier molecular flexibility index (Phi) is 9.45. The maximum absolute atomic E-state index is 14.2. The lowest BCUT2D eigenvalue weighted by molar-refractivity contribution is 0.221. The molecule has 0 atom stereocenters. The maximum atomic E-state index is 14.2. The molecular formula is C33H41FN6O. The molecule has 2 heterocycles. The summed E-state index contributed by atoms with van der Waals surface area (Å²) in [5, 5.41) is 6.64. The maximum Gasteiger partial charge on any atom is 0.220 e. The Morgan fingerprint density at radius 2 is 1.73 bits per heavy atom. The number of nitrogens with one attached hydrogen (secondary N) is 2. The molecule has 1 aliphatic rings. The number of hydrogen-bond acceptors (Lipinski definition) is 7. The fourth-order valence-electron chi connectivity index (χ4n) is 4.77. The minimum absolute atomic E-state index is 0.507. The van der Waals surface area contributed by atoms with Gasteiger partial charge in [-0.2, -0.15) is 0 Å². The van der Waals surface area contributed by atoms with Crippen molar-refractivity contribution in [3.05, 3.63) is 108 Å². The first-order chi connectivity index (χ1) is 19.5. The molecule has 3 aromatic rings. The molecule has 0 saturated carbocycles. The Labute approximate surface area is 243 Å². The van der Waals surface area contributed by atoms with Gasteiger partial charge < -0.3 is 20.3 Å². The number of hydrogen-bond donors (Lipinski definition) is 2. The molecule has 0 amide bonds. The molecule has 0 bridgehead atoms. The van der Waals surface area contributed by atoms with Crippen LogP contribution in [0.4, 0.5) is 21.6 Å². The van der Waals surface area contributed by atoms with Crippen molar-refractivity contribution in [2.45, 2.75) is 39.9 Å². The predicted molar refractivity (Wildman–Crippen MR) is 168 cm³/mol. The molecule has 2 aromatic carbocycles. The number of anilines is 3. The summed E-state index contributed by atoms with van der Waals surface area (Å²) in [7, 11) is 1.60. The summed E-state index contributed by atoms with van der Waals surface area (Å²) in [4.78, 5) is 13.7. The fourth-order valence-corrected chi connectivity index (χ4v) is 4.77. The number of piperazine rings is 1. The van der Waals surface area contributed by atoms with E-state index in [1.54, 1.807) is 21.0 Å². The number of allylic oxidation sites excluding steroid dienone is 1. The lowest BCUT2D eigenvalue weighted by Gasteiger charge is -2.36. The molecule has 0 radical (unpaired) electrons. The molecule has 2 N–H and O–H groups in total. The van der Waals surface area contributed by atoms with Gasteiger partial charge in [0, 0.05) is 61.6 Å². The number of aryl methyl sites for hydroxylation is 1. The lowest BCUT2D eigenvalue weighted by Crippen LogP contribution is -2.46. The van der Waals surface area contributed by atoms with Crippen molar-refractivity contribution in [1.29, 1.82) is 0 Å². The third kappa shape index (κ3) is 8.17. The highest BCUT2D eigenvalue weighted by Crippen LogP contribution is 2.27. The van der Waals surface area contributed by atoms with E-state index >= 15 is 0 Å². The highest BCUT2D eigenvalue weighted by atomic mass is 19.1. The normalized spacial score (nSPS) is 14.5. The van der Waals surface area contributed by atoms with Crippen molar-refractivity contribution < 1.29 is 9.13 Å². The SMILES string of the molecule is C=C(C)N=C(OC)c1ccc(C)c(NC(=C)Nc2cc(CN3CCN(c4ccc(C(C)(C)F)cc4)CC3)ccn2)c1. The highest BCUT2D eigenvalue weighted by molar-refractivity contribution is 5.95. The molecule has 8 heteroatoms. The second kappa shape index (κ2) is 13.0. The van der Waals surface area contributed by atoms with Gasteiger partial charge in [0.25, 0.3) is 0 Å². The number of aromatic nitrogens is 1. The van der Waals surface area contributed by atoms with Crippen molar-refractivity contribution in [2.24, 2.45) is 4.99 Å². The summed E-state index contributed by atoms with van der Waals surface area (Å²) in [6, 6.07) is 17.9. The van der Waals surface area contributed by atoms with Crippen LogP contribution >= 0.6 is 0 Å². The Morgan fingerprint density at radius 1 is 1.02 bits per heavy atom. The number of alkyl halides is 1. The molecule has 1 aliphatic heterocycles. The molecule has 1 aromatic heterocycles. The average molecular weight is 557 g/mol. The van der Waals surface area contributed by atoms with Gasteiger partial charge in [-0.05, 0) is 80.8 Å². The van der Waals surface area contributed by atoms with Crippen molar-refractivity contribution >= 4 is 23.1 Å². The largest absolute Gasteiger partial charge is 0.481 e. The minimum Gasteiger partial charge on any atom is -0.481 e. The van der Waals surface area contributed by atoms with Crippen molar-refractivity contribution in [3.63, 3.8) is 0 Å². The molecular weight excluding hydrogens is 515 g/mol. The second-order valence-corrected chi connectivity index (χ2v) is 10.9. The van der Waals surface area contributed by atoms with Gasteiger partial charge in [0.15, 0.2) is 0 Å². The van der Waals surface area contributed by atoms with E-state index in [0.29, 0.717) is 23.0 Å². The van der Waals surface area contributed by atoms with Crippen LogP contribution in [-0.2, 0) is 17.0 Å². The average Bonchev–Trinajstić information content (AvgIpc) is 2.93. The van der Waals surface area contributed by atoms with Crippen LogP contribution in [0.3, 0.4) is 0 Å². The van der Waals surface area contributed by atoms with Crippen LogP contribution in [-0.4, -0.2) is 49.1 Å². The van der Waals surface area contributed by atoms with Crippen LogP contribution in [0.5, 0.6) is 0 Å². The number of rotatable bonds is 10. The molecule has 7 nitrogen and oxygen atoms in total. The third-order valence-corrected chi connectivity index (χ3v) is 7.06. The zero-order chi connectivity index (χ0) is 29.6. The molecule has 1 fully saturated rings. The van der Waals surface area contributed by atoms with Crippen LogP contribution in [0.15, 0.2) is 90.5 Å². The quantitative estimate of drug-likeness (QED) is 0.211. The van der Waals surface area contributed by atoms with E-state index in [9.17, 15) is 4.39 Å². The molecule has 41 heavy (non-hydrogen) atoms. The lowest BCUT2D eigenvalue weighted by atomic mass is 10.00. The van der Waals surface area contributed by atoms with Crippen LogP contribution in [0.25, 0.3) is 0 Å². The van der Waals surface area contributed by atoms with Gasteiger partial charge >= 0.3 is 0 Å². The topological polar surface area (TPSA) is 65.0 Å². The standard InChI is InChI=1S/C33H41FN6O/c1-23(2)36-32(41-7)27-9-8-24(3)30(21-27)37-25(4)38-31-20-26(14-15-35-31)22-39-16-18-40(19-17-39)29-12-10-28(11-13-29)33(5,6)34/h8-15,20-21,37H,1,4,16-19,22H2,2-3,5-7H3,(H,35,38). The monoisotopic (exact) mass is 556 g/mol. The molecule has 1 saturated heterocycles. The van der Waals surface area contributed by atoms with Crippen molar-refractivity contribution in [2.75, 3.05) is 48.8 Å². The Balaban J connectivity index is 1.33. The van der Waals surface area contributed by atoms with Gasteiger partial charge in [0.1, 0.15) is 17.3 Å². The van der Waals surface area contributed by atoms with E-state index in [1.165, 1.54) is 5.56 Å². The first-order valence-electron chi connectivity index (χ1n) is 13.9. The Hall–Kier alpha value is -4.17. The number of benzene rings is 2. The Bertz CT molecular complexity index is 1400. The number of methoxy groups -OCH3 is 1. The number of pyridine rings is 1. The van der Waals surface area contributed by atoms with Gasteiger partial charge in [-0.25, -0.2) is 14.4 Å². The van der Waals surface area contributed by atoms with Crippen LogP contribution < -0.4 is 15.5 Å². The zero-order valence-corrected chi connectivity index (χ0v) is 24.8. The first kappa shape index (κ1) is 29.8. The fraction of sp³-hybridized carbons (Fsp3) is 0.333. The van der Waals surface area contributed by atoms with Crippen molar-refractivity contribution in [3.8, 4) is 0 Å². The summed E-state index contributed by atoms with van der Waals surface area (Å²) in [5.41, 5.74) is 5.17. The first-order valence-corrected chi connectivity index (χ1v) is 13.9. The second-order valence-electron chi connectivity index (χ2n) is 10.9. The van der Waals surface area contributed by atoms with E-state index in [0.717, 1.165) is 61.0 Å². The molecule has 0 unspecified atom stereocenters. The minimum atomic E-state index is -1.32. The summed E-state index contributed by atoms with van der Waals surface area (Å²) >= 11 is 0. The van der Waals surface area contributed by atoms with E-state index in [-0.39, 0.29) is 0 Å². The zero-order valence-electron chi connectivity index (χ0n) is 24.8. The number of halogens is 1.